The van der Waals surface area contributed by atoms with E-state index in [1.54, 1.807) is 0 Å². The highest BCUT2D eigenvalue weighted by Gasteiger charge is 2.19. The SMILES string of the molecule is CC/C=C\C/C=C\C/C=C\C/C=C\C/C=C\C/C=C\C/C=C\CCCCCCCC(=O)OCC(COC(=O)CCCCCCCCCCCCCC)OC(=O)CCCCCCCCC/C=C\C/C=C\C/C=C\CC. The lowest BCUT2D eigenvalue weighted by Gasteiger charge is -2.18. The molecule has 0 saturated carbocycles. The molecular formula is C68H112O6. The molecule has 0 aliphatic heterocycles. The molecule has 0 aromatic carbocycles. The molecule has 74 heavy (non-hydrogen) atoms. The van der Waals surface area contributed by atoms with E-state index in [9.17, 15) is 14.4 Å². The van der Waals surface area contributed by atoms with Crippen molar-refractivity contribution in [2.45, 2.75) is 277 Å². The average Bonchev–Trinajstić information content (AvgIpc) is 3.40. The number of esters is 3. The Hall–Kier alpha value is -4.19. The fourth-order valence-electron chi connectivity index (χ4n) is 8.20. The number of ether oxygens (including phenoxy) is 3. The average molecular weight is 1030 g/mol. The summed E-state index contributed by atoms with van der Waals surface area (Å²) in [7, 11) is 0. The highest BCUT2D eigenvalue weighted by molar-refractivity contribution is 5.71. The van der Waals surface area contributed by atoms with Crippen molar-refractivity contribution in [2.75, 3.05) is 13.2 Å². The molecule has 0 heterocycles. The van der Waals surface area contributed by atoms with Crippen LogP contribution in [0, 0.1) is 0 Å². The Morgan fingerprint density at radius 2 is 0.527 bits per heavy atom. The van der Waals surface area contributed by atoms with Gasteiger partial charge in [-0.2, -0.15) is 0 Å². The lowest BCUT2D eigenvalue weighted by Crippen LogP contribution is -2.30. The number of hydrogen-bond donors (Lipinski definition) is 0. The highest BCUT2D eigenvalue weighted by Crippen LogP contribution is 2.15. The summed E-state index contributed by atoms with van der Waals surface area (Å²) in [6.07, 6.45) is 84.8. The van der Waals surface area contributed by atoms with Crippen molar-refractivity contribution in [3.8, 4) is 0 Å². The van der Waals surface area contributed by atoms with Gasteiger partial charge >= 0.3 is 17.9 Å². The minimum absolute atomic E-state index is 0.0888. The van der Waals surface area contributed by atoms with Gasteiger partial charge in [-0.15, -0.1) is 0 Å². The van der Waals surface area contributed by atoms with E-state index in [1.807, 2.05) is 0 Å². The maximum atomic E-state index is 12.9. The topological polar surface area (TPSA) is 78.9 Å². The predicted molar refractivity (Wildman–Crippen MR) is 320 cm³/mol. The number of carbonyl (C=O) groups excluding carboxylic acids is 3. The Morgan fingerprint density at radius 3 is 0.824 bits per heavy atom. The minimum atomic E-state index is -0.794. The van der Waals surface area contributed by atoms with Gasteiger partial charge in [0.15, 0.2) is 6.10 Å². The van der Waals surface area contributed by atoms with Crippen LogP contribution in [0.4, 0.5) is 0 Å². The summed E-state index contributed by atoms with van der Waals surface area (Å²) in [6, 6.07) is 0. The van der Waals surface area contributed by atoms with E-state index < -0.39 is 6.10 Å². The maximum Gasteiger partial charge on any atom is 0.306 e. The molecule has 0 aromatic heterocycles. The molecule has 0 amide bonds. The van der Waals surface area contributed by atoms with Crippen molar-refractivity contribution in [3.63, 3.8) is 0 Å². The normalized spacial score (nSPS) is 13.0. The quantitative estimate of drug-likeness (QED) is 0.0261. The van der Waals surface area contributed by atoms with Crippen LogP contribution in [0.25, 0.3) is 0 Å². The van der Waals surface area contributed by atoms with Crippen molar-refractivity contribution in [2.24, 2.45) is 0 Å². The first kappa shape index (κ1) is 69.8. The fourth-order valence-corrected chi connectivity index (χ4v) is 8.20. The molecule has 6 nitrogen and oxygen atoms in total. The van der Waals surface area contributed by atoms with E-state index >= 15 is 0 Å². The highest BCUT2D eigenvalue weighted by atomic mass is 16.6. The number of hydrogen-bond acceptors (Lipinski definition) is 6. The molecule has 0 fully saturated rings. The minimum Gasteiger partial charge on any atom is -0.462 e. The van der Waals surface area contributed by atoms with Gasteiger partial charge in [0.05, 0.1) is 0 Å². The number of unbranched alkanes of at least 4 members (excludes halogenated alkanes) is 23. The third-order valence-corrected chi connectivity index (χ3v) is 12.7. The molecule has 0 rings (SSSR count). The molecule has 0 aliphatic carbocycles. The molecule has 6 heteroatoms. The molecule has 1 atom stereocenters. The van der Waals surface area contributed by atoms with Crippen molar-refractivity contribution >= 4 is 17.9 Å². The summed E-state index contributed by atoms with van der Waals surface area (Å²) in [5.41, 5.74) is 0. The zero-order valence-electron chi connectivity index (χ0n) is 48.1. The van der Waals surface area contributed by atoms with E-state index in [-0.39, 0.29) is 31.1 Å². The largest absolute Gasteiger partial charge is 0.462 e. The van der Waals surface area contributed by atoms with Gasteiger partial charge in [-0.05, 0) is 109 Å². The number of rotatable bonds is 54. The number of allylic oxidation sites excluding steroid dienone is 20. The van der Waals surface area contributed by atoms with E-state index in [4.69, 9.17) is 14.2 Å². The molecule has 0 aliphatic rings. The van der Waals surface area contributed by atoms with Crippen LogP contribution in [0.15, 0.2) is 122 Å². The van der Waals surface area contributed by atoms with Gasteiger partial charge in [0.25, 0.3) is 0 Å². The molecule has 0 spiro atoms. The molecular weight excluding hydrogens is 913 g/mol. The predicted octanol–water partition coefficient (Wildman–Crippen LogP) is 20.8. The Balaban J connectivity index is 4.38. The van der Waals surface area contributed by atoms with Gasteiger partial charge in [-0.25, -0.2) is 0 Å². The van der Waals surface area contributed by atoms with E-state index in [0.717, 1.165) is 148 Å². The summed E-state index contributed by atoms with van der Waals surface area (Å²) in [5.74, 6) is -0.917. The standard InChI is InChI=1S/C68H112O6/c1-4-7-10-13-16-19-22-25-27-29-30-31-32-33-34-35-36-37-38-40-41-43-46-49-52-55-58-61-67(70)73-64-65(63-72-66(69)60-57-54-51-48-45-24-21-18-15-12-9-6-3)74-68(71)62-59-56-53-50-47-44-42-39-28-26-23-20-17-14-11-8-5-2/h7-8,10-11,16-17,19-20,25-28,30-31,33-34,36-37,40-41,65H,4-6,9,12-15,18,21-24,29,32,35,38-39,42-64H2,1-3H3/b10-7-,11-8-,19-16-,20-17-,27-25-,28-26-,31-30-,34-33-,37-36-,41-40-. The second kappa shape index (κ2) is 61.4. The molecule has 0 N–H and O–H groups in total. The second-order valence-corrected chi connectivity index (χ2v) is 19.9. The van der Waals surface area contributed by atoms with Crippen LogP contribution in [0.2, 0.25) is 0 Å². The van der Waals surface area contributed by atoms with Crippen LogP contribution in [0.1, 0.15) is 271 Å². The number of carbonyl (C=O) groups is 3. The van der Waals surface area contributed by atoms with E-state index in [1.165, 1.54) is 83.5 Å². The Morgan fingerprint density at radius 1 is 0.284 bits per heavy atom. The fraction of sp³-hybridized carbons (Fsp3) is 0.662. The Bertz CT molecular complexity index is 1550. The Kier molecular flexibility index (Phi) is 57.9. The van der Waals surface area contributed by atoms with Gasteiger partial charge in [-0.1, -0.05) is 264 Å². The summed E-state index contributed by atoms with van der Waals surface area (Å²) in [4.78, 5) is 38.2. The van der Waals surface area contributed by atoms with Crippen molar-refractivity contribution in [1.29, 1.82) is 0 Å². The molecule has 0 saturated heterocycles. The van der Waals surface area contributed by atoms with Crippen LogP contribution in [-0.2, 0) is 28.6 Å². The van der Waals surface area contributed by atoms with Crippen molar-refractivity contribution in [3.05, 3.63) is 122 Å². The smallest absolute Gasteiger partial charge is 0.306 e. The third kappa shape index (κ3) is 58.7. The van der Waals surface area contributed by atoms with Crippen LogP contribution in [-0.4, -0.2) is 37.2 Å². The lowest BCUT2D eigenvalue weighted by atomic mass is 10.0. The van der Waals surface area contributed by atoms with Crippen LogP contribution in [0.3, 0.4) is 0 Å². The van der Waals surface area contributed by atoms with Gasteiger partial charge in [-0.3, -0.25) is 14.4 Å². The first-order valence-corrected chi connectivity index (χ1v) is 30.5. The van der Waals surface area contributed by atoms with Crippen LogP contribution < -0.4 is 0 Å². The molecule has 0 bridgehead atoms. The van der Waals surface area contributed by atoms with E-state index in [2.05, 4.69) is 142 Å². The first-order valence-electron chi connectivity index (χ1n) is 30.5. The lowest BCUT2D eigenvalue weighted by molar-refractivity contribution is -0.167. The van der Waals surface area contributed by atoms with Crippen LogP contribution >= 0.6 is 0 Å². The molecule has 1 unspecified atom stereocenters. The first-order chi connectivity index (χ1) is 36.5. The maximum absolute atomic E-state index is 12.9. The van der Waals surface area contributed by atoms with Crippen molar-refractivity contribution in [1.82, 2.24) is 0 Å². The zero-order chi connectivity index (χ0) is 53.6. The molecule has 0 radical (unpaired) electrons. The van der Waals surface area contributed by atoms with E-state index in [0.29, 0.717) is 19.3 Å². The molecule has 420 valence electrons. The molecule has 0 aromatic rings. The monoisotopic (exact) mass is 1020 g/mol. The van der Waals surface area contributed by atoms with Gasteiger partial charge < -0.3 is 14.2 Å². The van der Waals surface area contributed by atoms with Crippen LogP contribution in [0.5, 0.6) is 0 Å². The second-order valence-electron chi connectivity index (χ2n) is 19.9. The zero-order valence-corrected chi connectivity index (χ0v) is 48.1. The summed E-state index contributed by atoms with van der Waals surface area (Å²) < 4.78 is 16.9. The summed E-state index contributed by atoms with van der Waals surface area (Å²) in [5, 5.41) is 0. The summed E-state index contributed by atoms with van der Waals surface area (Å²) in [6.45, 7) is 6.39. The summed E-state index contributed by atoms with van der Waals surface area (Å²) >= 11 is 0. The Labute approximate surface area is 456 Å². The third-order valence-electron chi connectivity index (χ3n) is 12.7. The van der Waals surface area contributed by atoms with Gasteiger partial charge in [0, 0.05) is 19.3 Å². The van der Waals surface area contributed by atoms with Gasteiger partial charge in [0.2, 0.25) is 0 Å². The van der Waals surface area contributed by atoms with Gasteiger partial charge in [0.1, 0.15) is 13.2 Å². The van der Waals surface area contributed by atoms with Crippen molar-refractivity contribution < 1.29 is 28.6 Å².